The van der Waals surface area contributed by atoms with Crippen LogP contribution < -0.4 is 0 Å². The van der Waals surface area contributed by atoms with Crippen molar-refractivity contribution < 1.29 is 114 Å². The topological polar surface area (TPSA) is 284 Å². The van der Waals surface area contributed by atoms with Gasteiger partial charge in [-0.15, -0.1) is 0 Å². The molecule has 0 unspecified atom stereocenters. The van der Waals surface area contributed by atoms with Crippen LogP contribution in [0.4, 0.5) is 0 Å². The van der Waals surface area contributed by atoms with Gasteiger partial charge in [0.2, 0.25) is 0 Å². The zero-order valence-electron chi connectivity index (χ0n) is 37.5. The Morgan fingerprint density at radius 1 is 0.470 bits per heavy atom. The van der Waals surface area contributed by atoms with Crippen LogP contribution in [0.15, 0.2) is 30.3 Å². The number of benzene rings is 1. The van der Waals surface area contributed by atoms with Crippen LogP contribution in [0.2, 0.25) is 0 Å². The molecule has 1 aromatic carbocycles. The quantitative estimate of drug-likeness (QED) is 0.160. The molecule has 5 rings (SSSR count). The van der Waals surface area contributed by atoms with Crippen LogP contribution in [-0.4, -0.2) is 167 Å². The number of esters is 8. The SMILES string of the molecule is CO[C@H]1O[C@@H]2CO[C@@H](c3ccccc3)O[C@H]2[C@H](O[C@H]2O[C@H](COC(C)=O)[C@@H](OC(C)=O)[C@H](OC(C)=O)[C@@H]2OC(C)=O)[C@@H]1O[C@H]1O[C@H](COC(C)=O)[C@@H](OC(C)=O)[C@H](OC(C)=O)[C@@H]1OC(C)=O. The van der Waals surface area contributed by atoms with Gasteiger partial charge in [-0.1, -0.05) is 30.3 Å². The van der Waals surface area contributed by atoms with Crippen LogP contribution in [0.1, 0.15) is 67.2 Å². The van der Waals surface area contributed by atoms with Gasteiger partial charge in [0, 0.05) is 68.1 Å². The van der Waals surface area contributed by atoms with Crippen molar-refractivity contribution in [2.24, 2.45) is 0 Å². The van der Waals surface area contributed by atoms with Gasteiger partial charge in [-0.25, -0.2) is 0 Å². The molecule has 4 aliphatic heterocycles. The maximum atomic E-state index is 12.8. The molecule has 4 saturated heterocycles. The molecule has 16 atom stereocenters. The Bertz CT molecular complexity index is 1890. The first-order valence-electron chi connectivity index (χ1n) is 20.7. The Labute approximate surface area is 378 Å². The number of carbonyl (C=O) groups is 8. The third-order valence-electron chi connectivity index (χ3n) is 10.1. The first-order chi connectivity index (χ1) is 31.3. The van der Waals surface area contributed by atoms with Crippen molar-refractivity contribution in [3.05, 3.63) is 35.9 Å². The molecule has 0 N–H and O–H groups in total. The monoisotopic (exact) mass is 942 g/mol. The molecule has 24 nitrogen and oxygen atoms in total. The van der Waals surface area contributed by atoms with Crippen molar-refractivity contribution in [3.8, 4) is 0 Å². The van der Waals surface area contributed by atoms with Crippen molar-refractivity contribution in [1.29, 1.82) is 0 Å². The minimum absolute atomic E-state index is 0.145. The Hall–Kier alpha value is -5.34. The van der Waals surface area contributed by atoms with Crippen LogP contribution in [-0.2, 0) is 114 Å². The Morgan fingerprint density at radius 3 is 1.29 bits per heavy atom. The lowest BCUT2D eigenvalue weighted by atomic mass is 9.94. The van der Waals surface area contributed by atoms with Crippen molar-refractivity contribution in [1.82, 2.24) is 0 Å². The van der Waals surface area contributed by atoms with E-state index in [0.717, 1.165) is 55.4 Å². The number of fused-ring (bicyclic) bond motifs is 1. The van der Waals surface area contributed by atoms with E-state index in [2.05, 4.69) is 0 Å². The van der Waals surface area contributed by atoms with Gasteiger partial charge in [0.1, 0.15) is 49.8 Å². The number of ether oxygens (including phenoxy) is 16. The summed E-state index contributed by atoms with van der Waals surface area (Å²) in [5, 5.41) is 0. The largest absolute Gasteiger partial charge is 0.463 e. The summed E-state index contributed by atoms with van der Waals surface area (Å²) in [6, 6.07) is 8.72. The fraction of sp³-hybridized carbons (Fsp3) is 0.667. The molecule has 0 aromatic heterocycles. The summed E-state index contributed by atoms with van der Waals surface area (Å²) >= 11 is 0. The molecule has 0 saturated carbocycles. The van der Waals surface area contributed by atoms with Gasteiger partial charge in [0.15, 0.2) is 61.8 Å². The van der Waals surface area contributed by atoms with Gasteiger partial charge >= 0.3 is 47.8 Å². The number of rotatable bonds is 16. The van der Waals surface area contributed by atoms with Gasteiger partial charge in [-0.2, -0.15) is 0 Å². The summed E-state index contributed by atoms with van der Waals surface area (Å²) in [5.74, 6) is -6.94. The summed E-state index contributed by atoms with van der Waals surface area (Å²) in [7, 11) is 1.25. The molecule has 0 radical (unpaired) electrons. The van der Waals surface area contributed by atoms with Gasteiger partial charge in [-0.05, 0) is 0 Å². The van der Waals surface area contributed by atoms with E-state index in [0.29, 0.717) is 5.56 Å². The minimum Gasteiger partial charge on any atom is -0.463 e. The molecule has 0 amide bonds. The average molecular weight is 943 g/mol. The van der Waals surface area contributed by atoms with Crippen LogP contribution in [0.5, 0.6) is 0 Å². The predicted octanol–water partition coefficient (Wildman–Crippen LogP) is 0.409. The highest BCUT2D eigenvalue weighted by Gasteiger charge is 2.60. The second kappa shape index (κ2) is 23.4. The van der Waals surface area contributed by atoms with Gasteiger partial charge < -0.3 is 75.8 Å². The molecule has 0 bridgehead atoms. The van der Waals surface area contributed by atoms with Gasteiger partial charge in [0.25, 0.3) is 0 Å². The zero-order valence-corrected chi connectivity index (χ0v) is 37.5. The Morgan fingerprint density at radius 2 is 0.879 bits per heavy atom. The summed E-state index contributed by atoms with van der Waals surface area (Å²) < 4.78 is 94.7. The van der Waals surface area contributed by atoms with Crippen molar-refractivity contribution in [3.63, 3.8) is 0 Å². The average Bonchev–Trinajstić information content (AvgIpc) is 3.23. The molecule has 0 aliphatic carbocycles. The fourth-order valence-corrected chi connectivity index (χ4v) is 7.72. The molecule has 1 aromatic rings. The molecular formula is C42H54O24. The van der Waals surface area contributed by atoms with Crippen LogP contribution in [0, 0.1) is 0 Å². The standard InChI is InChI=1S/C42H54O24/c1-18(43)52-15-27-30(55-20(3)45)33(57-22(5)47)37(59-24(7)49)41(62-27)65-35-32-29(17-54-39(64-32)26-13-11-10-12-14-26)61-40(51-9)36(35)66-42-38(60-25(8)50)34(58-23(6)48)31(56-21(4)46)28(63-42)16-53-19(2)44/h10-14,27-42H,15-17H2,1-9H3/t27-,28-,29-,30-,31-,32-,33+,34+,35+,36+,37+,38+,39-,40+,41-,42-/m1/s1. The van der Waals surface area contributed by atoms with E-state index in [1.54, 1.807) is 30.3 Å². The van der Waals surface area contributed by atoms with Gasteiger partial charge in [-0.3, -0.25) is 38.4 Å². The highest BCUT2D eigenvalue weighted by atomic mass is 16.8. The summed E-state index contributed by atoms with van der Waals surface area (Å²) in [5.41, 5.74) is 0.563. The number of carbonyl (C=O) groups excluding carboxylic acids is 8. The lowest BCUT2D eigenvalue weighted by Crippen LogP contribution is -2.69. The summed E-state index contributed by atoms with van der Waals surface area (Å²) in [4.78, 5) is 99.8. The van der Waals surface area contributed by atoms with Gasteiger partial charge in [0.05, 0.1) is 6.61 Å². The van der Waals surface area contributed by atoms with Crippen molar-refractivity contribution >= 4 is 47.8 Å². The number of hydrogen-bond donors (Lipinski definition) is 0. The van der Waals surface area contributed by atoms with Crippen LogP contribution in [0.3, 0.4) is 0 Å². The normalized spacial score (nSPS) is 34.0. The second-order valence-corrected chi connectivity index (χ2v) is 15.3. The Kier molecular flexibility index (Phi) is 18.3. The highest BCUT2D eigenvalue weighted by Crippen LogP contribution is 2.41. The predicted molar refractivity (Wildman–Crippen MR) is 209 cm³/mol. The molecule has 4 fully saturated rings. The minimum atomic E-state index is -1.83. The smallest absolute Gasteiger partial charge is 0.303 e. The Balaban J connectivity index is 1.66. The lowest BCUT2D eigenvalue weighted by Gasteiger charge is -2.52. The second-order valence-electron chi connectivity index (χ2n) is 15.3. The summed E-state index contributed by atoms with van der Waals surface area (Å²) in [6.45, 7) is 7.17. The third-order valence-corrected chi connectivity index (χ3v) is 10.1. The maximum absolute atomic E-state index is 12.8. The molecule has 24 heteroatoms. The molecule has 4 aliphatic rings. The maximum Gasteiger partial charge on any atom is 0.303 e. The van der Waals surface area contributed by atoms with E-state index in [9.17, 15) is 38.4 Å². The highest BCUT2D eigenvalue weighted by molar-refractivity contribution is 5.70. The molecule has 366 valence electrons. The van der Waals surface area contributed by atoms with Crippen LogP contribution >= 0.6 is 0 Å². The first-order valence-corrected chi connectivity index (χ1v) is 20.7. The summed E-state index contributed by atoms with van der Waals surface area (Å²) in [6.07, 6.45) is -24.4. The van der Waals surface area contributed by atoms with E-state index in [1.807, 2.05) is 0 Å². The zero-order chi connectivity index (χ0) is 48.4. The lowest BCUT2D eigenvalue weighted by molar-refractivity contribution is -0.412. The number of methoxy groups -OCH3 is 1. The fourth-order valence-electron chi connectivity index (χ4n) is 7.72. The van der Waals surface area contributed by atoms with Crippen molar-refractivity contribution in [2.75, 3.05) is 26.9 Å². The van der Waals surface area contributed by atoms with E-state index >= 15 is 0 Å². The molecule has 0 spiro atoms. The van der Waals surface area contributed by atoms with E-state index in [-0.39, 0.29) is 6.61 Å². The molecule has 4 heterocycles. The first kappa shape index (κ1) is 51.6. The van der Waals surface area contributed by atoms with E-state index in [1.165, 1.54) is 7.11 Å². The van der Waals surface area contributed by atoms with Crippen molar-refractivity contribution in [2.45, 2.75) is 154 Å². The van der Waals surface area contributed by atoms with Crippen LogP contribution in [0.25, 0.3) is 0 Å². The molecular weight excluding hydrogens is 888 g/mol. The van der Waals surface area contributed by atoms with E-state index in [4.69, 9.17) is 75.8 Å². The third kappa shape index (κ3) is 13.6. The number of hydrogen-bond acceptors (Lipinski definition) is 24. The molecule has 66 heavy (non-hydrogen) atoms. The van der Waals surface area contributed by atoms with E-state index < -0.39 is 159 Å².